The molecule has 0 bridgehead atoms. The highest BCUT2D eigenvalue weighted by Crippen LogP contribution is 2.26. The molecule has 0 radical (unpaired) electrons. The summed E-state index contributed by atoms with van der Waals surface area (Å²) in [5.41, 5.74) is 1.94. The number of esters is 1. The first-order chi connectivity index (χ1) is 13.0. The topological polar surface area (TPSA) is 94.4 Å². The number of benzene rings is 2. The fourth-order valence-electron chi connectivity index (χ4n) is 2.45. The molecule has 3 aromatic rings. The smallest absolute Gasteiger partial charge is 0.338 e. The molecular formula is C19H17N3O4S. The van der Waals surface area contributed by atoms with Crippen LogP contribution in [0.4, 0.5) is 11.4 Å². The van der Waals surface area contributed by atoms with Crippen LogP contribution in [0.5, 0.6) is 0 Å². The van der Waals surface area contributed by atoms with E-state index in [1.54, 1.807) is 0 Å². The Morgan fingerprint density at radius 2 is 2.04 bits per heavy atom. The Labute approximate surface area is 159 Å². The summed E-state index contributed by atoms with van der Waals surface area (Å²) >= 11 is 1.46. The van der Waals surface area contributed by atoms with Crippen LogP contribution in [0.25, 0.3) is 0 Å². The number of aromatic nitrogens is 1. The van der Waals surface area contributed by atoms with E-state index in [1.165, 1.54) is 29.5 Å². The molecule has 0 fully saturated rings. The van der Waals surface area contributed by atoms with Gasteiger partial charge in [0.2, 0.25) is 0 Å². The van der Waals surface area contributed by atoms with E-state index in [4.69, 9.17) is 4.74 Å². The maximum absolute atomic E-state index is 12.2. The highest BCUT2D eigenvalue weighted by atomic mass is 32.1. The molecule has 8 heteroatoms. The van der Waals surface area contributed by atoms with E-state index in [9.17, 15) is 14.9 Å². The molecule has 1 N–H and O–H groups in total. The molecule has 3 rings (SSSR count). The number of rotatable bonds is 7. The minimum absolute atomic E-state index is 0.0327. The zero-order chi connectivity index (χ0) is 19.2. The average Bonchev–Trinajstić information content (AvgIpc) is 3.10. The molecule has 0 spiro atoms. The minimum Gasteiger partial charge on any atom is -0.456 e. The molecule has 0 atom stereocenters. The summed E-state index contributed by atoms with van der Waals surface area (Å²) in [4.78, 5) is 27.3. The molecule has 0 saturated carbocycles. The maximum atomic E-state index is 12.2. The second-order valence-corrected chi connectivity index (χ2v) is 6.82. The highest BCUT2D eigenvalue weighted by Gasteiger charge is 2.18. The molecule has 2 aromatic carbocycles. The summed E-state index contributed by atoms with van der Waals surface area (Å²) < 4.78 is 5.19. The summed E-state index contributed by atoms with van der Waals surface area (Å²) in [7, 11) is 0. The molecule has 0 saturated heterocycles. The number of carbonyl (C=O) groups is 1. The minimum atomic E-state index is -0.627. The van der Waals surface area contributed by atoms with Crippen LogP contribution in [-0.2, 0) is 17.9 Å². The van der Waals surface area contributed by atoms with E-state index < -0.39 is 10.9 Å². The number of aryl methyl sites for hydroxylation is 1. The molecule has 0 aliphatic rings. The number of hydrogen-bond donors (Lipinski definition) is 1. The first-order valence-electron chi connectivity index (χ1n) is 8.17. The van der Waals surface area contributed by atoms with E-state index in [1.807, 2.05) is 42.6 Å². The zero-order valence-electron chi connectivity index (χ0n) is 14.5. The zero-order valence-corrected chi connectivity index (χ0v) is 15.4. The number of nitrogens with zero attached hydrogens (tertiary/aromatic N) is 2. The molecule has 1 aromatic heterocycles. The van der Waals surface area contributed by atoms with Crippen molar-refractivity contribution in [3.05, 3.63) is 85.9 Å². The number of nitrogens with one attached hydrogen (secondary N) is 1. The summed E-state index contributed by atoms with van der Waals surface area (Å²) in [6.07, 6.45) is 0. The molecule has 0 aliphatic heterocycles. The lowest BCUT2D eigenvalue weighted by molar-refractivity contribution is -0.384. The van der Waals surface area contributed by atoms with Gasteiger partial charge < -0.3 is 10.1 Å². The van der Waals surface area contributed by atoms with Gasteiger partial charge in [-0.1, -0.05) is 30.3 Å². The number of thiazole rings is 1. The Balaban J connectivity index is 1.70. The normalized spacial score (nSPS) is 10.4. The first kappa shape index (κ1) is 18.5. The van der Waals surface area contributed by atoms with Crippen molar-refractivity contribution >= 4 is 28.7 Å². The summed E-state index contributed by atoms with van der Waals surface area (Å²) in [5.74, 6) is -0.627. The number of nitro groups is 1. The second kappa shape index (κ2) is 8.41. The Morgan fingerprint density at radius 1 is 1.26 bits per heavy atom. The van der Waals surface area contributed by atoms with Gasteiger partial charge >= 0.3 is 5.97 Å². The molecular weight excluding hydrogens is 366 g/mol. The Kier molecular flexibility index (Phi) is 5.77. The van der Waals surface area contributed by atoms with Crippen molar-refractivity contribution in [2.45, 2.75) is 20.1 Å². The van der Waals surface area contributed by atoms with Crippen molar-refractivity contribution in [1.82, 2.24) is 4.98 Å². The Hall–Kier alpha value is -3.26. The molecule has 7 nitrogen and oxygen atoms in total. The lowest BCUT2D eigenvalue weighted by Gasteiger charge is -2.09. The van der Waals surface area contributed by atoms with Crippen molar-refractivity contribution in [2.75, 3.05) is 5.32 Å². The Bertz CT molecular complexity index is 957. The van der Waals surface area contributed by atoms with E-state index in [2.05, 4.69) is 10.3 Å². The van der Waals surface area contributed by atoms with Crippen molar-refractivity contribution in [2.24, 2.45) is 0 Å². The summed E-state index contributed by atoms with van der Waals surface area (Å²) in [5, 5.41) is 17.1. The molecule has 0 unspecified atom stereocenters. The largest absolute Gasteiger partial charge is 0.456 e. The van der Waals surface area contributed by atoms with E-state index in [0.717, 1.165) is 10.6 Å². The number of nitro benzene ring substituents is 1. The monoisotopic (exact) mass is 383 g/mol. The van der Waals surface area contributed by atoms with Crippen LogP contribution < -0.4 is 5.32 Å². The van der Waals surface area contributed by atoms with Gasteiger partial charge in [-0.25, -0.2) is 9.78 Å². The highest BCUT2D eigenvalue weighted by molar-refractivity contribution is 7.09. The number of hydrogen-bond acceptors (Lipinski definition) is 7. The first-order valence-corrected chi connectivity index (χ1v) is 9.05. The van der Waals surface area contributed by atoms with E-state index >= 15 is 0 Å². The number of anilines is 1. The predicted octanol–water partition coefficient (Wildman–Crippen LogP) is 4.33. The number of carbonyl (C=O) groups excluding carboxylic acids is 1. The molecule has 0 amide bonds. The van der Waals surface area contributed by atoms with Crippen molar-refractivity contribution < 1.29 is 14.5 Å². The number of ether oxygens (including phenoxy) is 1. The van der Waals surface area contributed by atoms with E-state index in [-0.39, 0.29) is 17.9 Å². The van der Waals surface area contributed by atoms with Crippen LogP contribution in [0.1, 0.15) is 26.6 Å². The van der Waals surface area contributed by atoms with Gasteiger partial charge in [-0.3, -0.25) is 10.1 Å². The third-order valence-electron chi connectivity index (χ3n) is 3.77. The van der Waals surface area contributed by atoms with Crippen LogP contribution in [0.15, 0.2) is 53.9 Å². The summed E-state index contributed by atoms with van der Waals surface area (Å²) in [6.45, 7) is 2.33. The van der Waals surface area contributed by atoms with Gasteiger partial charge in [0, 0.05) is 18.0 Å². The predicted molar refractivity (Wildman–Crippen MR) is 103 cm³/mol. The Morgan fingerprint density at radius 3 is 2.70 bits per heavy atom. The van der Waals surface area contributed by atoms with Gasteiger partial charge in [0.15, 0.2) is 0 Å². The van der Waals surface area contributed by atoms with Crippen molar-refractivity contribution in [3.8, 4) is 0 Å². The van der Waals surface area contributed by atoms with Crippen LogP contribution in [0.2, 0.25) is 0 Å². The lowest BCUT2D eigenvalue weighted by atomic mass is 10.1. The van der Waals surface area contributed by atoms with Gasteiger partial charge in [-0.15, -0.1) is 11.3 Å². The van der Waals surface area contributed by atoms with Gasteiger partial charge in [0.05, 0.1) is 21.2 Å². The average molecular weight is 383 g/mol. The fourth-order valence-corrected chi connectivity index (χ4v) is 3.05. The third kappa shape index (κ3) is 4.89. The van der Waals surface area contributed by atoms with E-state index in [0.29, 0.717) is 17.9 Å². The molecule has 27 heavy (non-hydrogen) atoms. The molecule has 0 aliphatic carbocycles. The lowest BCUT2D eigenvalue weighted by Crippen LogP contribution is -2.08. The van der Waals surface area contributed by atoms with Gasteiger partial charge in [-0.2, -0.15) is 0 Å². The van der Waals surface area contributed by atoms with Crippen LogP contribution in [0, 0.1) is 17.0 Å². The van der Waals surface area contributed by atoms with Gasteiger partial charge in [0.1, 0.15) is 12.3 Å². The second-order valence-electron chi connectivity index (χ2n) is 5.76. The standard InChI is InChI=1S/C19H17N3O4S/c1-13-21-16(12-27-13)11-26-19(23)15-7-8-17(18(9-15)22(24)25)20-10-14-5-3-2-4-6-14/h2-9,12,20H,10-11H2,1H3. The van der Waals surface area contributed by atoms with Crippen molar-refractivity contribution in [3.63, 3.8) is 0 Å². The maximum Gasteiger partial charge on any atom is 0.338 e. The third-order valence-corrected chi connectivity index (χ3v) is 4.60. The molecule has 138 valence electrons. The van der Waals surface area contributed by atoms with Crippen LogP contribution in [-0.4, -0.2) is 15.9 Å². The van der Waals surface area contributed by atoms with Crippen molar-refractivity contribution in [1.29, 1.82) is 0 Å². The van der Waals surface area contributed by atoms with Crippen LogP contribution >= 0.6 is 11.3 Å². The SMILES string of the molecule is Cc1nc(COC(=O)c2ccc(NCc3ccccc3)c([N+](=O)[O-])c2)cs1. The fraction of sp³-hybridized carbons (Fsp3) is 0.158. The van der Waals surface area contributed by atoms with Gasteiger partial charge in [0.25, 0.3) is 5.69 Å². The van der Waals surface area contributed by atoms with Gasteiger partial charge in [-0.05, 0) is 24.6 Å². The molecule has 1 heterocycles. The quantitative estimate of drug-likeness (QED) is 0.371. The summed E-state index contributed by atoms with van der Waals surface area (Å²) in [6, 6.07) is 13.8. The van der Waals surface area contributed by atoms with Crippen LogP contribution in [0.3, 0.4) is 0 Å².